The van der Waals surface area contributed by atoms with E-state index in [0.717, 1.165) is 4.90 Å². The molecule has 1 aromatic carbocycles. The lowest BCUT2D eigenvalue weighted by Gasteiger charge is -2.27. The van der Waals surface area contributed by atoms with E-state index < -0.39 is 11.8 Å². The molecule has 9 heteroatoms. The Hall–Kier alpha value is -2.19. The van der Waals surface area contributed by atoms with E-state index in [4.69, 9.17) is 35.4 Å². The Morgan fingerprint density at radius 2 is 2.07 bits per heavy atom. The number of hydrogen-bond donors (Lipinski definition) is 1. The molecule has 0 atom stereocenters. The van der Waals surface area contributed by atoms with E-state index in [9.17, 15) is 9.59 Å². The van der Waals surface area contributed by atoms with Crippen LogP contribution in [0.2, 0.25) is 10.0 Å². The Kier molecular flexibility index (Phi) is 6.51. The highest BCUT2D eigenvalue weighted by atomic mass is 35.5. The molecule has 142 valence electrons. The predicted octanol–water partition coefficient (Wildman–Crippen LogP) is 4.35. The molecule has 0 saturated carbocycles. The van der Waals surface area contributed by atoms with Gasteiger partial charge in [-0.3, -0.25) is 19.8 Å². The average molecular weight is 450 g/mol. The van der Waals surface area contributed by atoms with Gasteiger partial charge >= 0.3 is 0 Å². The fourth-order valence-corrected chi connectivity index (χ4v) is 4.04. The average Bonchev–Trinajstić information content (AvgIpc) is 2.65. The summed E-state index contributed by atoms with van der Waals surface area (Å²) < 4.78 is 0. The van der Waals surface area contributed by atoms with Gasteiger partial charge in [0.1, 0.15) is 10.6 Å². The molecule has 1 aliphatic heterocycles. The summed E-state index contributed by atoms with van der Waals surface area (Å²) in [6.07, 6.45) is 4.65. The van der Waals surface area contributed by atoms with Gasteiger partial charge < -0.3 is 0 Å². The molecular formula is C19H13Cl2N3O2S2. The molecule has 1 saturated heterocycles. The minimum atomic E-state index is -0.556. The summed E-state index contributed by atoms with van der Waals surface area (Å²) in [5.41, 5.74) is 0.566. The highest BCUT2D eigenvalue weighted by Gasteiger charge is 2.32. The largest absolute Gasteiger partial charge is 0.298 e. The second kappa shape index (κ2) is 8.87. The van der Waals surface area contributed by atoms with Crippen molar-refractivity contribution in [3.05, 3.63) is 70.4 Å². The third kappa shape index (κ3) is 4.44. The Labute approximate surface area is 181 Å². The smallest absolute Gasteiger partial charge is 0.265 e. The van der Waals surface area contributed by atoms with Gasteiger partial charge in [0, 0.05) is 28.2 Å². The lowest BCUT2D eigenvalue weighted by molar-refractivity contribution is -0.128. The van der Waals surface area contributed by atoms with E-state index in [2.05, 4.69) is 16.9 Å². The van der Waals surface area contributed by atoms with Crippen LogP contribution in [0.1, 0.15) is 5.56 Å². The van der Waals surface area contributed by atoms with Gasteiger partial charge in [0.05, 0.1) is 5.02 Å². The maximum absolute atomic E-state index is 12.7. The van der Waals surface area contributed by atoms with E-state index in [-0.39, 0.29) is 17.2 Å². The topological polar surface area (TPSA) is 62.3 Å². The number of carbonyl (C=O) groups excluding carboxylic acids is 2. The van der Waals surface area contributed by atoms with E-state index in [1.165, 1.54) is 28.8 Å². The Balaban J connectivity index is 1.98. The van der Waals surface area contributed by atoms with Crippen molar-refractivity contribution >= 4 is 70.2 Å². The van der Waals surface area contributed by atoms with Crippen LogP contribution in [0.15, 0.2) is 64.7 Å². The van der Waals surface area contributed by atoms with Crippen molar-refractivity contribution in [1.82, 2.24) is 15.2 Å². The molecule has 0 spiro atoms. The molecule has 28 heavy (non-hydrogen) atoms. The van der Waals surface area contributed by atoms with Crippen LogP contribution in [-0.4, -0.2) is 33.4 Å². The van der Waals surface area contributed by atoms with Crippen molar-refractivity contribution in [3.63, 3.8) is 0 Å². The molecule has 2 amide bonds. The van der Waals surface area contributed by atoms with E-state index in [0.29, 0.717) is 20.6 Å². The number of nitrogens with one attached hydrogen (secondary N) is 1. The lowest BCUT2D eigenvalue weighted by atomic mass is 10.1. The van der Waals surface area contributed by atoms with Gasteiger partial charge in [-0.25, -0.2) is 4.98 Å². The number of aromatic nitrogens is 1. The molecule has 2 aromatic rings. The van der Waals surface area contributed by atoms with Crippen molar-refractivity contribution in [2.24, 2.45) is 0 Å². The van der Waals surface area contributed by atoms with Gasteiger partial charge in [-0.1, -0.05) is 47.1 Å². The molecule has 0 aliphatic carbocycles. The number of benzene rings is 1. The first-order chi connectivity index (χ1) is 13.4. The zero-order valence-corrected chi connectivity index (χ0v) is 17.5. The highest BCUT2D eigenvalue weighted by Crippen LogP contribution is 2.36. The second-order valence-corrected chi connectivity index (χ2v) is 7.86. The fourth-order valence-electron chi connectivity index (χ4n) is 2.40. The Bertz CT molecular complexity index is 1020. The van der Waals surface area contributed by atoms with Crippen LogP contribution in [0.5, 0.6) is 0 Å². The summed E-state index contributed by atoms with van der Waals surface area (Å²) in [5.74, 6) is -1.04. The SMILES string of the molecule is C=CCN1C(=O)C(=Cc2cccnc2Sc2ccc(Cl)cc2Cl)C(=O)NC1=S. The third-order valence-corrected chi connectivity index (χ3v) is 5.79. The number of carbonyl (C=O) groups is 2. The van der Waals surface area contributed by atoms with Crippen LogP contribution in [0, 0.1) is 0 Å². The lowest BCUT2D eigenvalue weighted by Crippen LogP contribution is -2.53. The van der Waals surface area contributed by atoms with Crippen molar-refractivity contribution in [1.29, 1.82) is 0 Å². The molecule has 0 unspecified atom stereocenters. The molecule has 3 rings (SSSR count). The maximum atomic E-state index is 12.7. The molecule has 5 nitrogen and oxygen atoms in total. The summed E-state index contributed by atoms with van der Waals surface area (Å²) in [4.78, 5) is 31.4. The normalized spacial score (nSPS) is 15.7. The monoisotopic (exact) mass is 449 g/mol. The van der Waals surface area contributed by atoms with Crippen LogP contribution in [0.3, 0.4) is 0 Å². The van der Waals surface area contributed by atoms with Crippen molar-refractivity contribution in [3.8, 4) is 0 Å². The van der Waals surface area contributed by atoms with Crippen LogP contribution < -0.4 is 5.32 Å². The quantitative estimate of drug-likeness (QED) is 0.318. The van der Waals surface area contributed by atoms with Gasteiger partial charge in [0.15, 0.2) is 5.11 Å². The van der Waals surface area contributed by atoms with Gasteiger partial charge in [-0.15, -0.1) is 6.58 Å². The van der Waals surface area contributed by atoms with E-state index >= 15 is 0 Å². The van der Waals surface area contributed by atoms with Gasteiger partial charge in [-0.2, -0.15) is 0 Å². The van der Waals surface area contributed by atoms with Crippen LogP contribution in [0.25, 0.3) is 6.08 Å². The number of hydrogen-bond acceptors (Lipinski definition) is 5. The minimum absolute atomic E-state index is 0.0347. The first-order valence-corrected chi connectivity index (χ1v) is 9.96. The van der Waals surface area contributed by atoms with Gasteiger partial charge in [0.2, 0.25) is 0 Å². The Morgan fingerprint density at radius 1 is 1.29 bits per heavy atom. The van der Waals surface area contributed by atoms with Crippen LogP contribution in [0.4, 0.5) is 0 Å². The first kappa shape index (κ1) is 20.5. The zero-order chi connectivity index (χ0) is 20.3. The highest BCUT2D eigenvalue weighted by molar-refractivity contribution is 7.99. The number of halogens is 2. The standard InChI is InChI=1S/C19H13Cl2N3O2S2/c1-2-8-24-18(26)13(16(25)23-19(24)27)9-11-4-3-7-22-17(11)28-15-6-5-12(20)10-14(15)21/h2-7,9-10H,1,8H2,(H,23,25,27). The van der Waals surface area contributed by atoms with Crippen molar-refractivity contribution < 1.29 is 9.59 Å². The fraction of sp³-hybridized carbons (Fsp3) is 0.0526. The number of thiocarbonyl (C=S) groups is 1. The minimum Gasteiger partial charge on any atom is -0.298 e. The molecule has 1 aliphatic rings. The number of amides is 2. The summed E-state index contributed by atoms with van der Waals surface area (Å²) >= 11 is 18.5. The first-order valence-electron chi connectivity index (χ1n) is 7.98. The van der Waals surface area contributed by atoms with Gasteiger partial charge in [-0.05, 0) is 42.6 Å². The molecule has 1 N–H and O–H groups in total. The zero-order valence-electron chi connectivity index (χ0n) is 14.3. The van der Waals surface area contributed by atoms with Crippen molar-refractivity contribution in [2.75, 3.05) is 6.54 Å². The predicted molar refractivity (Wildman–Crippen MR) is 115 cm³/mol. The van der Waals surface area contributed by atoms with Crippen LogP contribution in [-0.2, 0) is 9.59 Å². The molecular weight excluding hydrogens is 437 g/mol. The maximum Gasteiger partial charge on any atom is 0.265 e. The number of rotatable bonds is 5. The molecule has 1 fully saturated rings. The summed E-state index contributed by atoms with van der Waals surface area (Å²) in [5, 5.41) is 4.17. The number of nitrogens with zero attached hydrogens (tertiary/aromatic N) is 2. The molecule has 0 radical (unpaired) electrons. The summed E-state index contributed by atoms with van der Waals surface area (Å²) in [7, 11) is 0. The Morgan fingerprint density at radius 3 is 2.79 bits per heavy atom. The second-order valence-electron chi connectivity index (χ2n) is 5.60. The molecule has 2 heterocycles. The molecule has 1 aromatic heterocycles. The van der Waals surface area contributed by atoms with Crippen molar-refractivity contribution in [2.45, 2.75) is 9.92 Å². The number of pyridine rings is 1. The summed E-state index contributed by atoms with van der Waals surface area (Å²) in [6, 6.07) is 8.63. The summed E-state index contributed by atoms with van der Waals surface area (Å²) in [6.45, 7) is 3.80. The molecule has 0 bridgehead atoms. The van der Waals surface area contributed by atoms with E-state index in [1.807, 2.05) is 0 Å². The van der Waals surface area contributed by atoms with E-state index in [1.54, 1.807) is 36.5 Å². The third-order valence-electron chi connectivity index (χ3n) is 3.70. The van der Waals surface area contributed by atoms with Gasteiger partial charge in [0.25, 0.3) is 11.8 Å². The van der Waals surface area contributed by atoms with Crippen LogP contribution >= 0.6 is 47.2 Å².